The third-order valence-corrected chi connectivity index (χ3v) is 5.33. The van der Waals surface area contributed by atoms with E-state index in [0.29, 0.717) is 29.8 Å². The van der Waals surface area contributed by atoms with E-state index in [-0.39, 0.29) is 12.4 Å². The van der Waals surface area contributed by atoms with Crippen molar-refractivity contribution in [2.45, 2.75) is 44.1 Å². The lowest BCUT2D eigenvalue weighted by Crippen LogP contribution is -2.09. The number of nitriles is 1. The molecule has 1 saturated carbocycles. The van der Waals surface area contributed by atoms with Crippen molar-refractivity contribution in [2.75, 3.05) is 12.8 Å². The summed E-state index contributed by atoms with van der Waals surface area (Å²) in [5.74, 6) is 0.934. The second-order valence-corrected chi connectivity index (χ2v) is 6.68. The van der Waals surface area contributed by atoms with Crippen LogP contribution in [-0.4, -0.2) is 27.8 Å². The number of pyridine rings is 1. The molecule has 0 radical (unpaired) electrons. The number of aromatic nitrogens is 3. The van der Waals surface area contributed by atoms with Gasteiger partial charge in [0.15, 0.2) is 0 Å². The van der Waals surface area contributed by atoms with Crippen LogP contribution < -0.4 is 5.73 Å². The summed E-state index contributed by atoms with van der Waals surface area (Å²) >= 11 is 0. The summed E-state index contributed by atoms with van der Waals surface area (Å²) in [7, 11) is 1.37. The normalized spacial score (nSPS) is 20.3. The number of esters is 1. The first kappa shape index (κ1) is 15.6. The molecule has 0 unspecified atom stereocenters. The molecule has 2 heterocycles. The zero-order valence-electron chi connectivity index (χ0n) is 14.0. The van der Waals surface area contributed by atoms with Crippen LogP contribution in [-0.2, 0) is 16.1 Å². The lowest BCUT2D eigenvalue weighted by molar-refractivity contribution is -0.140. The van der Waals surface area contributed by atoms with Gasteiger partial charge in [-0.3, -0.25) is 9.48 Å². The number of nitrogen functional groups attached to an aromatic ring is 1. The van der Waals surface area contributed by atoms with Gasteiger partial charge in [-0.15, -0.1) is 0 Å². The van der Waals surface area contributed by atoms with E-state index in [9.17, 15) is 10.1 Å². The molecule has 2 atom stereocenters. The van der Waals surface area contributed by atoms with E-state index in [2.05, 4.69) is 20.9 Å². The van der Waals surface area contributed by atoms with Crippen molar-refractivity contribution in [3.8, 4) is 17.2 Å². The molecule has 128 valence electrons. The summed E-state index contributed by atoms with van der Waals surface area (Å²) in [6.07, 6.45) is 7.24. The van der Waals surface area contributed by atoms with Crippen LogP contribution in [0.15, 0.2) is 12.4 Å². The minimum atomic E-state index is -0.277. The van der Waals surface area contributed by atoms with Crippen molar-refractivity contribution in [1.82, 2.24) is 14.8 Å². The number of carbonyl (C=O) groups excluding carboxylic acids is 1. The van der Waals surface area contributed by atoms with Crippen LogP contribution >= 0.6 is 0 Å². The topological polar surface area (TPSA) is 107 Å². The van der Waals surface area contributed by atoms with Gasteiger partial charge < -0.3 is 10.5 Å². The summed E-state index contributed by atoms with van der Waals surface area (Å²) in [5, 5.41) is 13.9. The number of nitrogens with two attached hydrogens (primary N) is 1. The average molecular weight is 337 g/mol. The smallest absolute Gasteiger partial charge is 0.307 e. The maximum absolute atomic E-state index is 11.3. The van der Waals surface area contributed by atoms with Crippen molar-refractivity contribution in [3.05, 3.63) is 29.2 Å². The van der Waals surface area contributed by atoms with Gasteiger partial charge in [0.25, 0.3) is 0 Å². The number of anilines is 1. The molecular formula is C18H19N5O2. The molecule has 7 nitrogen and oxygen atoms in total. The van der Waals surface area contributed by atoms with Gasteiger partial charge in [0, 0.05) is 23.2 Å². The molecule has 0 aromatic carbocycles. The Kier molecular flexibility index (Phi) is 3.68. The Hall–Kier alpha value is -2.88. The van der Waals surface area contributed by atoms with Gasteiger partial charge in [-0.25, -0.2) is 4.98 Å². The highest BCUT2D eigenvalue weighted by Crippen LogP contribution is 2.56. The van der Waals surface area contributed by atoms with Gasteiger partial charge in [-0.2, -0.15) is 10.4 Å². The van der Waals surface area contributed by atoms with E-state index in [0.717, 1.165) is 36.1 Å². The van der Waals surface area contributed by atoms with Gasteiger partial charge >= 0.3 is 5.97 Å². The van der Waals surface area contributed by atoms with Crippen molar-refractivity contribution in [1.29, 1.82) is 5.26 Å². The number of methoxy groups -OCH3 is 1. The van der Waals surface area contributed by atoms with Crippen LogP contribution in [0.3, 0.4) is 0 Å². The van der Waals surface area contributed by atoms with Crippen LogP contribution in [0.2, 0.25) is 0 Å². The Morgan fingerprint density at radius 2 is 2.28 bits per heavy atom. The molecule has 2 aliphatic rings. The molecule has 0 spiro atoms. The SMILES string of the molecule is COC(=O)CCn1cc(-c2c(C#N)c(N)nc3c2[C@@H]2CC[C@H]3C2)cn1. The number of carbonyl (C=O) groups is 1. The fourth-order valence-electron chi connectivity index (χ4n) is 4.19. The van der Waals surface area contributed by atoms with Crippen LogP contribution in [0.1, 0.15) is 54.3 Å². The highest BCUT2D eigenvalue weighted by molar-refractivity contribution is 5.80. The first-order valence-corrected chi connectivity index (χ1v) is 8.45. The number of hydrogen-bond acceptors (Lipinski definition) is 6. The summed E-state index contributed by atoms with van der Waals surface area (Å²) in [5.41, 5.74) is 10.5. The molecule has 2 bridgehead atoms. The van der Waals surface area contributed by atoms with Gasteiger partial charge in [-0.1, -0.05) is 0 Å². The molecule has 4 rings (SSSR count). The molecular weight excluding hydrogens is 318 g/mol. The summed E-state index contributed by atoms with van der Waals surface area (Å²) in [6, 6.07) is 2.22. The summed E-state index contributed by atoms with van der Waals surface area (Å²) in [4.78, 5) is 15.9. The Morgan fingerprint density at radius 3 is 3.04 bits per heavy atom. The van der Waals surface area contributed by atoms with Gasteiger partial charge in [-0.05, 0) is 30.7 Å². The molecule has 2 aliphatic carbocycles. The molecule has 2 N–H and O–H groups in total. The van der Waals surface area contributed by atoms with Crippen LogP contribution in [0, 0.1) is 11.3 Å². The summed E-state index contributed by atoms with van der Waals surface area (Å²) in [6.45, 7) is 0.434. The predicted octanol–water partition coefficient (Wildman–Crippen LogP) is 2.33. The zero-order valence-corrected chi connectivity index (χ0v) is 14.0. The highest BCUT2D eigenvalue weighted by atomic mass is 16.5. The third kappa shape index (κ3) is 2.45. The quantitative estimate of drug-likeness (QED) is 0.858. The Bertz CT molecular complexity index is 896. The lowest BCUT2D eigenvalue weighted by Gasteiger charge is -2.19. The molecule has 2 aromatic heterocycles. The van der Waals surface area contributed by atoms with E-state index < -0.39 is 0 Å². The van der Waals surface area contributed by atoms with Crippen LogP contribution in [0.4, 0.5) is 5.82 Å². The number of fused-ring (bicyclic) bond motifs is 5. The van der Waals surface area contributed by atoms with Crippen molar-refractivity contribution >= 4 is 11.8 Å². The minimum absolute atomic E-state index is 0.254. The van der Waals surface area contributed by atoms with E-state index in [4.69, 9.17) is 5.73 Å². The molecule has 1 fully saturated rings. The molecule has 0 saturated heterocycles. The van der Waals surface area contributed by atoms with E-state index in [1.807, 2.05) is 6.20 Å². The number of ether oxygens (including phenoxy) is 1. The Morgan fingerprint density at radius 1 is 1.48 bits per heavy atom. The number of rotatable bonds is 4. The van der Waals surface area contributed by atoms with Crippen molar-refractivity contribution < 1.29 is 9.53 Å². The van der Waals surface area contributed by atoms with E-state index >= 15 is 0 Å². The van der Waals surface area contributed by atoms with Gasteiger partial charge in [0.1, 0.15) is 17.5 Å². The molecule has 25 heavy (non-hydrogen) atoms. The predicted molar refractivity (Wildman–Crippen MR) is 90.6 cm³/mol. The average Bonchev–Trinajstić information content (AvgIpc) is 3.34. The second-order valence-electron chi connectivity index (χ2n) is 6.68. The lowest BCUT2D eigenvalue weighted by atomic mass is 9.87. The zero-order chi connectivity index (χ0) is 17.6. The molecule has 0 amide bonds. The summed E-state index contributed by atoms with van der Waals surface area (Å²) < 4.78 is 6.36. The number of nitrogens with zero attached hydrogens (tertiary/aromatic N) is 4. The van der Waals surface area contributed by atoms with E-state index in [1.54, 1.807) is 10.9 Å². The molecule has 0 aliphatic heterocycles. The fourth-order valence-corrected chi connectivity index (χ4v) is 4.19. The van der Waals surface area contributed by atoms with Crippen molar-refractivity contribution in [2.24, 2.45) is 0 Å². The first-order chi connectivity index (χ1) is 12.1. The maximum Gasteiger partial charge on any atom is 0.307 e. The van der Waals surface area contributed by atoms with Crippen LogP contribution in [0.25, 0.3) is 11.1 Å². The molecule has 2 aromatic rings. The number of hydrogen-bond donors (Lipinski definition) is 1. The highest BCUT2D eigenvalue weighted by Gasteiger charge is 2.41. The fraction of sp³-hybridized carbons (Fsp3) is 0.444. The Labute approximate surface area is 145 Å². The Balaban J connectivity index is 1.76. The molecule has 7 heteroatoms. The van der Waals surface area contributed by atoms with Gasteiger partial charge in [0.2, 0.25) is 0 Å². The third-order valence-electron chi connectivity index (χ3n) is 5.33. The monoisotopic (exact) mass is 337 g/mol. The van der Waals surface area contributed by atoms with E-state index in [1.165, 1.54) is 12.7 Å². The minimum Gasteiger partial charge on any atom is -0.469 e. The standard InChI is InChI=1S/C18H19N5O2/c1-25-14(24)4-5-23-9-12(8-21-23)15-13(7-19)18(20)22-17-11-3-2-10(6-11)16(15)17/h8-11H,2-6H2,1H3,(H2,20,22)/t10-,11+/m1/s1. The van der Waals surface area contributed by atoms with Gasteiger partial charge in [0.05, 0.1) is 32.0 Å². The second kappa shape index (κ2) is 5.88. The van der Waals surface area contributed by atoms with Crippen LogP contribution in [0.5, 0.6) is 0 Å². The van der Waals surface area contributed by atoms with Crippen molar-refractivity contribution in [3.63, 3.8) is 0 Å². The largest absolute Gasteiger partial charge is 0.469 e. The number of aryl methyl sites for hydroxylation is 1. The maximum atomic E-state index is 11.3. The first-order valence-electron chi connectivity index (χ1n) is 8.45.